The standard InChI is InChI=1S/C21H36N6O4/c1-6-7-11-26(16(28)13-25-10-8-9-15(25)20(30)24(4)5)17-18(22)27(12-14(2)3)21(31)23-19(17)29/h14-15H,6-13,22H2,1-5H3,(H,23,29,31). The number of anilines is 2. The highest BCUT2D eigenvalue weighted by molar-refractivity contribution is 5.97. The fourth-order valence-corrected chi connectivity index (χ4v) is 3.91. The summed E-state index contributed by atoms with van der Waals surface area (Å²) in [5, 5.41) is 0. The molecular formula is C21H36N6O4. The van der Waals surface area contributed by atoms with Gasteiger partial charge in [-0.3, -0.25) is 28.8 Å². The maximum Gasteiger partial charge on any atom is 0.330 e. The number of unbranched alkanes of at least 4 members (excludes halogenated alkanes) is 1. The Morgan fingerprint density at radius 2 is 1.94 bits per heavy atom. The molecule has 2 heterocycles. The van der Waals surface area contributed by atoms with Crippen LogP contribution in [0, 0.1) is 5.92 Å². The van der Waals surface area contributed by atoms with Gasteiger partial charge in [-0.05, 0) is 31.7 Å². The molecular weight excluding hydrogens is 400 g/mol. The molecule has 10 nitrogen and oxygen atoms in total. The van der Waals surface area contributed by atoms with Crippen LogP contribution in [-0.4, -0.2) is 70.9 Å². The molecule has 1 aliphatic rings. The van der Waals surface area contributed by atoms with E-state index in [1.54, 1.807) is 14.1 Å². The molecule has 3 N–H and O–H groups in total. The summed E-state index contributed by atoms with van der Waals surface area (Å²) in [5.41, 5.74) is 4.99. The zero-order valence-corrected chi connectivity index (χ0v) is 19.3. The fraction of sp³-hybridized carbons (Fsp3) is 0.714. The summed E-state index contributed by atoms with van der Waals surface area (Å²) in [6.45, 7) is 7.14. The van der Waals surface area contributed by atoms with Gasteiger partial charge < -0.3 is 15.5 Å². The minimum absolute atomic E-state index is 0.00533. The van der Waals surface area contributed by atoms with E-state index in [4.69, 9.17) is 5.73 Å². The lowest BCUT2D eigenvalue weighted by atomic mass is 10.2. The minimum Gasteiger partial charge on any atom is -0.383 e. The van der Waals surface area contributed by atoms with Crippen LogP contribution in [0.25, 0.3) is 0 Å². The molecule has 0 saturated carbocycles. The summed E-state index contributed by atoms with van der Waals surface area (Å²) in [6.07, 6.45) is 3.02. The second kappa shape index (κ2) is 10.6. The molecule has 0 bridgehead atoms. The number of rotatable bonds is 9. The molecule has 10 heteroatoms. The molecule has 1 unspecified atom stereocenters. The molecule has 1 fully saturated rings. The van der Waals surface area contributed by atoms with Gasteiger partial charge in [-0.15, -0.1) is 0 Å². The SMILES string of the molecule is CCCCN(C(=O)CN1CCCC1C(=O)N(C)C)c1c(N)n(CC(C)C)c(=O)[nH]c1=O. The van der Waals surface area contributed by atoms with E-state index in [-0.39, 0.29) is 41.8 Å². The maximum absolute atomic E-state index is 13.3. The number of aromatic nitrogens is 2. The summed E-state index contributed by atoms with van der Waals surface area (Å²) in [4.78, 5) is 57.9. The number of nitrogens with one attached hydrogen (secondary N) is 1. The van der Waals surface area contributed by atoms with Crippen molar-refractivity contribution in [2.45, 2.75) is 59.0 Å². The van der Waals surface area contributed by atoms with Gasteiger partial charge in [0.2, 0.25) is 11.8 Å². The number of likely N-dealkylation sites (tertiary alicyclic amines) is 1. The molecule has 31 heavy (non-hydrogen) atoms. The van der Waals surface area contributed by atoms with E-state index >= 15 is 0 Å². The van der Waals surface area contributed by atoms with Gasteiger partial charge in [0.15, 0.2) is 5.69 Å². The number of hydrogen-bond donors (Lipinski definition) is 2. The lowest BCUT2D eigenvalue weighted by molar-refractivity contribution is -0.134. The molecule has 1 aromatic rings. The first-order valence-corrected chi connectivity index (χ1v) is 11.0. The zero-order chi connectivity index (χ0) is 23.3. The van der Waals surface area contributed by atoms with Crippen molar-refractivity contribution in [3.05, 3.63) is 20.8 Å². The second-order valence-electron chi connectivity index (χ2n) is 8.76. The molecule has 0 aromatic carbocycles. The maximum atomic E-state index is 13.3. The Kier molecular flexibility index (Phi) is 8.43. The minimum atomic E-state index is -0.672. The number of hydrogen-bond acceptors (Lipinski definition) is 6. The average molecular weight is 437 g/mol. The molecule has 174 valence electrons. The zero-order valence-electron chi connectivity index (χ0n) is 19.3. The monoisotopic (exact) mass is 436 g/mol. The molecule has 0 aliphatic carbocycles. The number of H-pyrrole nitrogens is 1. The Labute approximate surface area is 183 Å². The van der Waals surface area contributed by atoms with Gasteiger partial charge in [0, 0.05) is 27.2 Å². The third-order valence-electron chi connectivity index (χ3n) is 5.50. The van der Waals surface area contributed by atoms with E-state index in [0.717, 1.165) is 12.8 Å². The van der Waals surface area contributed by atoms with Gasteiger partial charge in [0.25, 0.3) is 5.56 Å². The first-order valence-electron chi connectivity index (χ1n) is 11.0. The van der Waals surface area contributed by atoms with Crippen molar-refractivity contribution < 1.29 is 9.59 Å². The van der Waals surface area contributed by atoms with Crippen molar-refractivity contribution >= 4 is 23.3 Å². The van der Waals surface area contributed by atoms with Crippen LogP contribution in [0.15, 0.2) is 9.59 Å². The number of carbonyl (C=O) groups is 2. The summed E-state index contributed by atoms with van der Waals surface area (Å²) >= 11 is 0. The van der Waals surface area contributed by atoms with Crippen LogP contribution in [0.2, 0.25) is 0 Å². The molecule has 0 radical (unpaired) electrons. The summed E-state index contributed by atoms with van der Waals surface area (Å²) < 4.78 is 1.31. The summed E-state index contributed by atoms with van der Waals surface area (Å²) in [6, 6.07) is -0.350. The predicted octanol–water partition coefficient (Wildman–Crippen LogP) is 0.461. The summed E-state index contributed by atoms with van der Waals surface area (Å²) in [7, 11) is 3.40. The Morgan fingerprint density at radius 1 is 1.26 bits per heavy atom. The van der Waals surface area contributed by atoms with Gasteiger partial charge >= 0.3 is 5.69 Å². The Morgan fingerprint density at radius 3 is 2.52 bits per heavy atom. The highest BCUT2D eigenvalue weighted by Gasteiger charge is 2.34. The molecule has 0 spiro atoms. The van der Waals surface area contributed by atoms with Crippen LogP contribution in [-0.2, 0) is 16.1 Å². The smallest absolute Gasteiger partial charge is 0.330 e. The van der Waals surface area contributed by atoms with Crippen LogP contribution >= 0.6 is 0 Å². The highest BCUT2D eigenvalue weighted by atomic mass is 16.2. The quantitative estimate of drug-likeness (QED) is 0.579. The predicted molar refractivity (Wildman–Crippen MR) is 121 cm³/mol. The number of amides is 2. The van der Waals surface area contributed by atoms with Crippen molar-refractivity contribution in [2.75, 3.05) is 44.4 Å². The van der Waals surface area contributed by atoms with E-state index in [0.29, 0.717) is 32.5 Å². The normalized spacial score (nSPS) is 16.6. The van der Waals surface area contributed by atoms with Crippen molar-refractivity contribution in [2.24, 2.45) is 5.92 Å². The van der Waals surface area contributed by atoms with Crippen molar-refractivity contribution in [1.29, 1.82) is 0 Å². The molecule has 1 aliphatic heterocycles. The molecule has 2 rings (SSSR count). The molecule has 2 amide bonds. The van der Waals surface area contributed by atoms with E-state index < -0.39 is 11.2 Å². The second-order valence-corrected chi connectivity index (χ2v) is 8.76. The highest BCUT2D eigenvalue weighted by Crippen LogP contribution is 2.22. The van der Waals surface area contributed by atoms with Crippen molar-refractivity contribution in [3.8, 4) is 0 Å². The average Bonchev–Trinajstić information content (AvgIpc) is 3.14. The van der Waals surface area contributed by atoms with Gasteiger partial charge in [-0.1, -0.05) is 27.2 Å². The number of nitrogens with two attached hydrogens (primary N) is 1. The number of nitrogens with zero attached hydrogens (tertiary/aromatic N) is 4. The van der Waals surface area contributed by atoms with Crippen molar-refractivity contribution in [1.82, 2.24) is 19.4 Å². The van der Waals surface area contributed by atoms with Crippen LogP contribution in [0.4, 0.5) is 11.5 Å². The lowest BCUT2D eigenvalue weighted by Gasteiger charge is -2.29. The van der Waals surface area contributed by atoms with Crippen molar-refractivity contribution in [3.63, 3.8) is 0 Å². The van der Waals surface area contributed by atoms with Crippen LogP contribution in [0.3, 0.4) is 0 Å². The van der Waals surface area contributed by atoms with E-state index in [2.05, 4.69) is 4.98 Å². The summed E-state index contributed by atoms with van der Waals surface area (Å²) in [5.74, 6) is -0.220. The van der Waals surface area contributed by atoms with Gasteiger partial charge in [0.05, 0.1) is 12.6 Å². The number of carbonyl (C=O) groups excluding carboxylic acids is 2. The van der Waals surface area contributed by atoms with Crippen LogP contribution < -0.4 is 21.9 Å². The lowest BCUT2D eigenvalue weighted by Crippen LogP contribution is -2.49. The molecule has 1 saturated heterocycles. The third kappa shape index (κ3) is 5.75. The number of aromatic amines is 1. The van der Waals surface area contributed by atoms with Gasteiger partial charge in [0.1, 0.15) is 5.82 Å². The number of nitrogen functional groups attached to an aromatic ring is 1. The molecule has 1 atom stereocenters. The Hall–Kier alpha value is -2.62. The van der Waals surface area contributed by atoms with E-state index in [9.17, 15) is 19.2 Å². The van der Waals surface area contributed by atoms with E-state index in [1.807, 2.05) is 25.7 Å². The number of likely N-dealkylation sites (N-methyl/N-ethyl adjacent to an activating group) is 1. The Balaban J connectivity index is 2.40. The topological polar surface area (TPSA) is 125 Å². The fourth-order valence-electron chi connectivity index (χ4n) is 3.91. The van der Waals surface area contributed by atoms with Gasteiger partial charge in [-0.25, -0.2) is 4.79 Å². The third-order valence-corrected chi connectivity index (χ3v) is 5.50. The van der Waals surface area contributed by atoms with E-state index in [1.165, 1.54) is 14.4 Å². The van der Waals surface area contributed by atoms with Gasteiger partial charge in [-0.2, -0.15) is 0 Å². The largest absolute Gasteiger partial charge is 0.383 e. The Bertz CT molecular complexity index is 904. The van der Waals surface area contributed by atoms with Crippen LogP contribution in [0.5, 0.6) is 0 Å². The first kappa shape index (κ1) is 24.6. The molecule has 1 aromatic heterocycles. The van der Waals surface area contributed by atoms with Crippen LogP contribution in [0.1, 0.15) is 46.5 Å². The first-order chi connectivity index (χ1) is 14.6.